The number of carbonyl (C=O) groups excluding carboxylic acids is 1. The Kier molecular flexibility index (Phi) is 5.42. The van der Waals surface area contributed by atoms with Crippen LogP contribution in [-0.4, -0.2) is 9.76 Å². The van der Waals surface area contributed by atoms with E-state index in [4.69, 9.17) is 62.7 Å². The number of rotatable bonds is 2. The zero-order valence-electron chi connectivity index (χ0n) is 8.09. The number of para-hydroxylation sites is 1. The maximum Gasteiger partial charge on any atom is 0.346 e. The van der Waals surface area contributed by atoms with Gasteiger partial charge in [0.2, 0.25) is 3.79 Å². The van der Waals surface area contributed by atoms with E-state index >= 15 is 0 Å². The van der Waals surface area contributed by atoms with E-state index in [1.54, 1.807) is 30.3 Å². The van der Waals surface area contributed by atoms with Crippen molar-refractivity contribution < 1.29 is 9.53 Å². The molecule has 2 nitrogen and oxygen atoms in total. The van der Waals surface area contributed by atoms with Crippen molar-refractivity contribution in [2.75, 3.05) is 0 Å². The number of esters is 1. The Morgan fingerprint density at radius 3 is 2.00 bits per heavy atom. The van der Waals surface area contributed by atoms with Crippen molar-refractivity contribution in [1.82, 2.24) is 0 Å². The molecule has 1 aromatic carbocycles. The molecular formula is C10H5Cl5O2. The zero-order chi connectivity index (χ0) is 13.1. The summed E-state index contributed by atoms with van der Waals surface area (Å²) in [6.07, 6.45) is 0. The maximum absolute atomic E-state index is 11.7. The van der Waals surface area contributed by atoms with Crippen LogP contribution in [0.25, 0.3) is 0 Å². The lowest BCUT2D eigenvalue weighted by atomic mass is 10.3. The first-order valence-electron chi connectivity index (χ1n) is 4.22. The van der Waals surface area contributed by atoms with Crippen molar-refractivity contribution in [3.05, 3.63) is 40.4 Å². The summed E-state index contributed by atoms with van der Waals surface area (Å²) in [6, 6.07) is 8.26. The molecule has 0 aliphatic carbocycles. The molecule has 92 valence electrons. The number of halogens is 5. The molecule has 17 heavy (non-hydrogen) atoms. The molecule has 0 spiro atoms. The van der Waals surface area contributed by atoms with E-state index in [9.17, 15) is 4.79 Å². The Labute approximate surface area is 123 Å². The van der Waals surface area contributed by atoms with Gasteiger partial charge < -0.3 is 4.74 Å². The van der Waals surface area contributed by atoms with Crippen molar-refractivity contribution in [3.8, 4) is 5.75 Å². The van der Waals surface area contributed by atoms with Gasteiger partial charge in [-0.2, -0.15) is 0 Å². The van der Waals surface area contributed by atoms with Gasteiger partial charge in [-0.3, -0.25) is 0 Å². The molecule has 0 aliphatic heterocycles. The molecule has 0 fully saturated rings. The van der Waals surface area contributed by atoms with Gasteiger partial charge in [0.05, 0.1) is 0 Å². The van der Waals surface area contributed by atoms with Crippen LogP contribution in [0.2, 0.25) is 0 Å². The second-order valence-corrected chi connectivity index (χ2v) is 6.07. The van der Waals surface area contributed by atoms with Gasteiger partial charge in [0, 0.05) is 0 Å². The van der Waals surface area contributed by atoms with Crippen LogP contribution in [0.4, 0.5) is 0 Å². The van der Waals surface area contributed by atoms with E-state index < -0.39 is 19.8 Å². The first-order chi connectivity index (χ1) is 7.82. The number of alkyl halides is 3. The summed E-state index contributed by atoms with van der Waals surface area (Å²) in [5.74, 6) is -0.630. The lowest BCUT2D eigenvalue weighted by Crippen LogP contribution is -2.22. The van der Waals surface area contributed by atoms with Crippen LogP contribution in [0, 0.1) is 0 Å². The van der Waals surface area contributed by atoms with Crippen LogP contribution >= 0.6 is 58.0 Å². The largest absolute Gasteiger partial charge is 0.423 e. The molecule has 0 unspecified atom stereocenters. The summed E-state index contributed by atoms with van der Waals surface area (Å²) in [4.78, 5) is 11.7. The number of benzene rings is 1. The molecule has 0 saturated heterocycles. The van der Waals surface area contributed by atoms with E-state index in [-0.39, 0.29) is 0 Å². The molecule has 1 rings (SSSR count). The molecule has 7 heteroatoms. The van der Waals surface area contributed by atoms with Gasteiger partial charge in [-0.1, -0.05) is 76.2 Å². The molecule has 0 aliphatic rings. The van der Waals surface area contributed by atoms with Crippen LogP contribution < -0.4 is 4.74 Å². The highest BCUT2D eigenvalue weighted by molar-refractivity contribution is 6.72. The molecule has 0 bridgehead atoms. The first-order valence-corrected chi connectivity index (χ1v) is 6.11. The van der Waals surface area contributed by atoms with Crippen molar-refractivity contribution in [2.24, 2.45) is 0 Å². The quantitative estimate of drug-likeness (QED) is 0.340. The monoisotopic (exact) mass is 332 g/mol. The minimum atomic E-state index is -2.05. The van der Waals surface area contributed by atoms with Crippen molar-refractivity contribution >= 4 is 64.0 Å². The smallest absolute Gasteiger partial charge is 0.346 e. The van der Waals surface area contributed by atoms with E-state index in [1.165, 1.54) is 0 Å². The molecule has 0 heterocycles. The molecule has 0 amide bonds. The fourth-order valence-corrected chi connectivity index (χ4v) is 2.19. The lowest BCUT2D eigenvalue weighted by Gasteiger charge is -2.14. The summed E-state index contributed by atoms with van der Waals surface area (Å²) < 4.78 is 2.44. The third kappa shape index (κ3) is 4.57. The first kappa shape index (κ1) is 14.9. The summed E-state index contributed by atoms with van der Waals surface area (Å²) in [7, 11) is 0. The zero-order valence-corrected chi connectivity index (χ0v) is 11.9. The SMILES string of the molecule is O=C(Oc1ccccc1)C(=C(Cl)Cl)C(Cl)(Cl)Cl. The van der Waals surface area contributed by atoms with E-state index in [0.29, 0.717) is 5.75 Å². The normalized spacial score (nSPS) is 10.9. The predicted octanol–water partition coefficient (Wildman–Crippen LogP) is 4.65. The number of ether oxygens (including phenoxy) is 1. The van der Waals surface area contributed by atoms with Crippen LogP contribution in [-0.2, 0) is 4.79 Å². The third-order valence-electron chi connectivity index (χ3n) is 1.63. The van der Waals surface area contributed by atoms with Crippen molar-refractivity contribution in [1.29, 1.82) is 0 Å². The molecule has 1 aromatic rings. The minimum Gasteiger partial charge on any atom is -0.423 e. The van der Waals surface area contributed by atoms with Gasteiger partial charge in [0.25, 0.3) is 0 Å². The molecular weight excluding hydrogens is 329 g/mol. The van der Waals surface area contributed by atoms with Crippen LogP contribution in [0.1, 0.15) is 0 Å². The Morgan fingerprint density at radius 2 is 1.59 bits per heavy atom. The van der Waals surface area contributed by atoms with Crippen molar-refractivity contribution in [2.45, 2.75) is 3.79 Å². The Morgan fingerprint density at radius 1 is 1.06 bits per heavy atom. The minimum absolute atomic E-state index is 0.291. The third-order valence-corrected chi connectivity index (χ3v) is 2.58. The second kappa shape index (κ2) is 6.17. The van der Waals surface area contributed by atoms with Crippen LogP contribution in [0.5, 0.6) is 5.75 Å². The van der Waals surface area contributed by atoms with E-state index in [0.717, 1.165) is 0 Å². The van der Waals surface area contributed by atoms with E-state index in [2.05, 4.69) is 0 Å². The second-order valence-electron chi connectivity index (χ2n) is 2.84. The highest BCUT2D eigenvalue weighted by Crippen LogP contribution is 2.39. The number of hydrogen-bond donors (Lipinski definition) is 0. The van der Waals surface area contributed by atoms with Gasteiger partial charge in [-0.25, -0.2) is 4.79 Å². The summed E-state index contributed by atoms with van der Waals surface area (Å²) in [5.41, 5.74) is -0.435. The average molecular weight is 334 g/mol. The van der Waals surface area contributed by atoms with E-state index in [1.807, 2.05) is 0 Å². The Bertz CT molecular complexity index is 432. The highest BCUT2D eigenvalue weighted by atomic mass is 35.6. The Balaban J connectivity index is 2.94. The summed E-state index contributed by atoms with van der Waals surface area (Å²) >= 11 is 27.6. The van der Waals surface area contributed by atoms with Gasteiger partial charge in [0.1, 0.15) is 15.8 Å². The fraction of sp³-hybridized carbons (Fsp3) is 0.100. The number of hydrogen-bond acceptors (Lipinski definition) is 2. The van der Waals surface area contributed by atoms with Gasteiger partial charge in [-0.05, 0) is 12.1 Å². The molecule has 0 saturated carbocycles. The molecule has 0 radical (unpaired) electrons. The topological polar surface area (TPSA) is 26.3 Å². The van der Waals surface area contributed by atoms with Crippen molar-refractivity contribution in [3.63, 3.8) is 0 Å². The van der Waals surface area contributed by atoms with Gasteiger partial charge in [-0.15, -0.1) is 0 Å². The van der Waals surface area contributed by atoms with Crippen LogP contribution in [0.3, 0.4) is 0 Å². The summed E-state index contributed by atoms with van der Waals surface area (Å²) in [5, 5.41) is 0. The predicted molar refractivity (Wildman–Crippen MR) is 71.1 cm³/mol. The Hall–Kier alpha value is -0.120. The molecule has 0 N–H and O–H groups in total. The van der Waals surface area contributed by atoms with Gasteiger partial charge in [0.15, 0.2) is 0 Å². The van der Waals surface area contributed by atoms with Gasteiger partial charge >= 0.3 is 5.97 Å². The fourth-order valence-electron chi connectivity index (χ4n) is 0.947. The number of carbonyl (C=O) groups is 1. The highest BCUT2D eigenvalue weighted by Gasteiger charge is 2.36. The lowest BCUT2D eigenvalue weighted by molar-refractivity contribution is -0.130. The van der Waals surface area contributed by atoms with Crippen LogP contribution in [0.15, 0.2) is 40.4 Å². The average Bonchev–Trinajstić information content (AvgIpc) is 2.15. The maximum atomic E-state index is 11.7. The molecule has 0 aromatic heterocycles. The summed E-state index contributed by atoms with van der Waals surface area (Å²) in [6.45, 7) is 0. The molecule has 0 atom stereocenters. The standard InChI is InChI=1S/C10H5Cl5O2/c11-8(12)7(10(13,14)15)9(16)17-6-4-2-1-3-5-6/h1-5H.